The lowest BCUT2D eigenvalue weighted by atomic mass is 10.1. The zero-order valence-corrected chi connectivity index (χ0v) is 18.6. The molecule has 0 fully saturated rings. The molecule has 6 nitrogen and oxygen atoms in total. The van der Waals surface area contributed by atoms with Crippen LogP contribution in [0.25, 0.3) is 0 Å². The van der Waals surface area contributed by atoms with Gasteiger partial charge in [0.1, 0.15) is 0 Å². The van der Waals surface area contributed by atoms with E-state index in [9.17, 15) is 4.79 Å². The lowest BCUT2D eigenvalue weighted by molar-refractivity contribution is 0.0977. The molecule has 0 aliphatic rings. The summed E-state index contributed by atoms with van der Waals surface area (Å²) in [7, 11) is 1.91. The molecule has 1 heterocycles. The van der Waals surface area contributed by atoms with Crippen LogP contribution >= 0.6 is 11.6 Å². The van der Waals surface area contributed by atoms with Gasteiger partial charge in [0, 0.05) is 34.6 Å². The van der Waals surface area contributed by atoms with E-state index in [4.69, 9.17) is 11.6 Å². The number of halogens is 1. The van der Waals surface area contributed by atoms with Crippen LogP contribution in [-0.2, 0) is 13.6 Å². The minimum Gasteiger partial charge on any atom is -0.326 e. The molecule has 2 N–H and O–H groups in total. The number of nitrogens with zero attached hydrogens (tertiary/aromatic N) is 3. The molecule has 1 amide bonds. The molecule has 0 saturated carbocycles. The van der Waals surface area contributed by atoms with Gasteiger partial charge in [0.15, 0.2) is 0 Å². The molecule has 0 saturated heterocycles. The van der Waals surface area contributed by atoms with Crippen LogP contribution in [0.3, 0.4) is 0 Å². The van der Waals surface area contributed by atoms with Crippen LogP contribution in [0, 0.1) is 27.7 Å². The van der Waals surface area contributed by atoms with E-state index in [1.807, 2.05) is 75.8 Å². The minimum atomic E-state index is -0.232. The first-order valence-corrected chi connectivity index (χ1v) is 10.1. The maximum Gasteiger partial charge on any atom is 0.257 e. The third kappa shape index (κ3) is 5.07. The van der Waals surface area contributed by atoms with E-state index in [2.05, 4.69) is 20.7 Å². The Morgan fingerprint density at radius 3 is 2.57 bits per heavy atom. The molecule has 7 heteroatoms. The lowest BCUT2D eigenvalue weighted by Gasteiger charge is -2.14. The molecule has 0 aliphatic carbocycles. The monoisotopic (exact) mass is 423 g/mol. The Bertz CT molecular complexity index is 1120. The number of anilines is 1. The number of rotatable bonds is 4. The van der Waals surface area contributed by atoms with E-state index in [0.29, 0.717) is 23.1 Å². The molecule has 2 aromatic carbocycles. The summed E-state index contributed by atoms with van der Waals surface area (Å²) in [4.78, 5) is 17.5. The van der Waals surface area contributed by atoms with Crippen LogP contribution in [0.5, 0.6) is 0 Å². The van der Waals surface area contributed by atoms with Gasteiger partial charge in [-0.05, 0) is 57.5 Å². The molecule has 0 atom stereocenters. The fourth-order valence-corrected chi connectivity index (χ4v) is 3.31. The molecule has 0 spiro atoms. The highest BCUT2D eigenvalue weighted by molar-refractivity contribution is 6.31. The summed E-state index contributed by atoms with van der Waals surface area (Å²) in [5.41, 5.74) is 6.35. The number of aryl methyl sites for hydroxylation is 4. The van der Waals surface area contributed by atoms with Gasteiger partial charge in [0.2, 0.25) is 5.96 Å². The van der Waals surface area contributed by atoms with Crippen molar-refractivity contribution in [2.24, 2.45) is 12.0 Å². The summed E-state index contributed by atoms with van der Waals surface area (Å²) in [6.45, 7) is 8.27. The molecule has 0 radical (unpaired) electrons. The van der Waals surface area contributed by atoms with Crippen molar-refractivity contribution < 1.29 is 4.79 Å². The molecule has 30 heavy (non-hydrogen) atoms. The van der Waals surface area contributed by atoms with Gasteiger partial charge >= 0.3 is 0 Å². The van der Waals surface area contributed by atoms with Crippen LogP contribution in [-0.4, -0.2) is 21.6 Å². The Morgan fingerprint density at radius 1 is 1.13 bits per heavy atom. The van der Waals surface area contributed by atoms with E-state index >= 15 is 0 Å². The Kier molecular flexibility index (Phi) is 6.57. The average molecular weight is 424 g/mol. The highest BCUT2D eigenvalue weighted by atomic mass is 35.5. The molecule has 3 aromatic rings. The van der Waals surface area contributed by atoms with Crippen LogP contribution in [0.1, 0.15) is 38.4 Å². The van der Waals surface area contributed by atoms with Gasteiger partial charge in [0.05, 0.1) is 12.2 Å². The SMILES string of the molecule is Cc1cccc(C(=O)NC(=NCc2c(C)nn(C)c2C)Nc2cc(Cl)ccc2C)c1. The molecule has 0 bridgehead atoms. The van der Waals surface area contributed by atoms with E-state index < -0.39 is 0 Å². The highest BCUT2D eigenvalue weighted by Crippen LogP contribution is 2.20. The maximum atomic E-state index is 12.8. The number of aromatic nitrogens is 2. The first-order valence-electron chi connectivity index (χ1n) is 9.69. The van der Waals surface area contributed by atoms with Crippen molar-refractivity contribution in [3.63, 3.8) is 0 Å². The maximum absolute atomic E-state index is 12.8. The molecular formula is C23H26ClN5O. The molecule has 3 rings (SSSR count). The second-order valence-electron chi connectivity index (χ2n) is 7.35. The van der Waals surface area contributed by atoms with Crippen molar-refractivity contribution in [2.45, 2.75) is 34.2 Å². The van der Waals surface area contributed by atoms with Crippen molar-refractivity contribution >= 4 is 29.2 Å². The second kappa shape index (κ2) is 9.13. The van der Waals surface area contributed by atoms with Crippen molar-refractivity contribution in [1.29, 1.82) is 0 Å². The van der Waals surface area contributed by atoms with Gasteiger partial charge in [-0.2, -0.15) is 5.10 Å². The first-order chi connectivity index (χ1) is 14.2. The lowest BCUT2D eigenvalue weighted by Crippen LogP contribution is -2.36. The predicted octanol–water partition coefficient (Wildman–Crippen LogP) is 4.71. The van der Waals surface area contributed by atoms with Gasteiger partial charge in [0.25, 0.3) is 5.91 Å². The van der Waals surface area contributed by atoms with Crippen LogP contribution in [0.15, 0.2) is 47.5 Å². The van der Waals surface area contributed by atoms with Gasteiger partial charge in [-0.15, -0.1) is 0 Å². The fourth-order valence-electron chi connectivity index (χ4n) is 3.14. The molecular weight excluding hydrogens is 398 g/mol. The summed E-state index contributed by atoms with van der Waals surface area (Å²) in [6.07, 6.45) is 0. The van der Waals surface area contributed by atoms with Crippen molar-refractivity contribution in [2.75, 3.05) is 5.32 Å². The Morgan fingerprint density at radius 2 is 1.90 bits per heavy atom. The topological polar surface area (TPSA) is 71.3 Å². The van der Waals surface area contributed by atoms with Gasteiger partial charge in [-0.3, -0.25) is 14.8 Å². The number of hydrogen-bond acceptors (Lipinski definition) is 3. The predicted molar refractivity (Wildman–Crippen MR) is 122 cm³/mol. The summed E-state index contributed by atoms with van der Waals surface area (Å²) in [5, 5.41) is 11.2. The molecule has 156 valence electrons. The zero-order chi connectivity index (χ0) is 21.8. The summed E-state index contributed by atoms with van der Waals surface area (Å²) in [5.74, 6) is 0.124. The molecule has 0 aliphatic heterocycles. The molecule has 1 aromatic heterocycles. The van der Waals surface area contributed by atoms with Gasteiger partial charge in [-0.25, -0.2) is 4.99 Å². The number of guanidine groups is 1. The standard InChI is InChI=1S/C23H26ClN5O/c1-14-7-6-8-18(11-14)22(30)27-23(26-21-12-19(24)10-9-15(21)2)25-13-20-16(3)28-29(5)17(20)4/h6-12H,13H2,1-5H3,(H2,25,26,27,30). The number of hydrogen-bond donors (Lipinski definition) is 2. The number of aliphatic imine (C=N–C) groups is 1. The highest BCUT2D eigenvalue weighted by Gasteiger charge is 2.13. The Labute approximate surface area is 182 Å². The van der Waals surface area contributed by atoms with Crippen molar-refractivity contribution in [1.82, 2.24) is 15.1 Å². The summed E-state index contributed by atoms with van der Waals surface area (Å²) in [6, 6.07) is 13.0. The fraction of sp³-hybridized carbons (Fsp3) is 0.261. The third-order valence-electron chi connectivity index (χ3n) is 5.02. The van der Waals surface area contributed by atoms with Crippen LogP contribution < -0.4 is 10.6 Å². The number of carbonyl (C=O) groups excluding carboxylic acids is 1. The van der Waals surface area contributed by atoms with E-state index in [-0.39, 0.29) is 5.91 Å². The minimum absolute atomic E-state index is 0.232. The van der Waals surface area contributed by atoms with Gasteiger partial charge in [-0.1, -0.05) is 35.4 Å². The number of benzene rings is 2. The Hall–Kier alpha value is -3.12. The van der Waals surface area contributed by atoms with E-state index in [1.165, 1.54) is 0 Å². The zero-order valence-electron chi connectivity index (χ0n) is 17.9. The van der Waals surface area contributed by atoms with Crippen LogP contribution in [0.4, 0.5) is 5.69 Å². The van der Waals surface area contributed by atoms with Gasteiger partial charge < -0.3 is 5.32 Å². The smallest absolute Gasteiger partial charge is 0.257 e. The average Bonchev–Trinajstić information content (AvgIpc) is 2.94. The summed E-state index contributed by atoms with van der Waals surface area (Å²) >= 11 is 6.16. The van der Waals surface area contributed by atoms with E-state index in [1.54, 1.807) is 6.07 Å². The van der Waals surface area contributed by atoms with E-state index in [0.717, 1.165) is 33.8 Å². The second-order valence-corrected chi connectivity index (χ2v) is 7.78. The summed E-state index contributed by atoms with van der Waals surface area (Å²) < 4.78 is 1.83. The normalized spacial score (nSPS) is 11.5. The number of amides is 1. The van der Waals surface area contributed by atoms with Crippen LogP contribution in [0.2, 0.25) is 5.02 Å². The third-order valence-corrected chi connectivity index (χ3v) is 5.25. The number of nitrogens with one attached hydrogen (secondary N) is 2. The largest absolute Gasteiger partial charge is 0.326 e. The quantitative estimate of drug-likeness (QED) is 0.471. The first kappa shape index (κ1) is 21.6. The molecule has 0 unspecified atom stereocenters. The van der Waals surface area contributed by atoms with Crippen molar-refractivity contribution in [3.8, 4) is 0 Å². The number of carbonyl (C=O) groups is 1. The Balaban J connectivity index is 1.91. The van der Waals surface area contributed by atoms with Crippen molar-refractivity contribution in [3.05, 3.63) is 81.1 Å².